The average molecular weight is 334 g/mol. The van der Waals surface area contributed by atoms with E-state index in [1.165, 1.54) is 6.92 Å². The number of aromatic amines is 1. The SMILES string of the molecule is Cc1[nH]nc(C(=O)N2CC(C)CC(C)C2C)c1S(=O)(=O)Cl. The molecule has 1 fully saturated rings. The Labute approximate surface area is 129 Å². The van der Waals surface area contributed by atoms with E-state index in [1.54, 1.807) is 4.90 Å². The summed E-state index contributed by atoms with van der Waals surface area (Å²) in [5.74, 6) is 0.342. The molecule has 1 N–H and O–H groups in total. The Kier molecular flexibility index (Phi) is 4.35. The normalized spacial score (nSPS) is 26.9. The van der Waals surface area contributed by atoms with Crippen molar-refractivity contribution in [2.24, 2.45) is 11.8 Å². The molecule has 21 heavy (non-hydrogen) atoms. The summed E-state index contributed by atoms with van der Waals surface area (Å²) in [5, 5.41) is 6.40. The number of rotatable bonds is 2. The van der Waals surface area contributed by atoms with Crippen LogP contribution < -0.4 is 0 Å². The van der Waals surface area contributed by atoms with Gasteiger partial charge in [-0.05, 0) is 32.1 Å². The Morgan fingerprint density at radius 1 is 1.38 bits per heavy atom. The monoisotopic (exact) mass is 333 g/mol. The van der Waals surface area contributed by atoms with Crippen molar-refractivity contribution >= 4 is 25.6 Å². The van der Waals surface area contributed by atoms with Gasteiger partial charge in [-0.2, -0.15) is 5.10 Å². The molecule has 1 aliphatic rings. The maximum absolute atomic E-state index is 12.7. The van der Waals surface area contributed by atoms with Crippen LogP contribution in [0, 0.1) is 18.8 Å². The first-order valence-corrected chi connectivity index (χ1v) is 9.24. The Bertz CT molecular complexity index is 656. The molecule has 1 aromatic heterocycles. The topological polar surface area (TPSA) is 83.1 Å². The Hall–Kier alpha value is -1.08. The number of halogens is 1. The zero-order chi connectivity index (χ0) is 15.9. The number of carbonyl (C=O) groups excluding carboxylic acids is 1. The van der Waals surface area contributed by atoms with Crippen LogP contribution in [0.15, 0.2) is 4.90 Å². The van der Waals surface area contributed by atoms with E-state index in [2.05, 4.69) is 24.0 Å². The Balaban J connectivity index is 2.41. The fraction of sp³-hybridized carbons (Fsp3) is 0.692. The van der Waals surface area contributed by atoms with Gasteiger partial charge in [0.1, 0.15) is 4.90 Å². The first-order chi connectivity index (χ1) is 9.62. The van der Waals surface area contributed by atoms with Crippen molar-refractivity contribution < 1.29 is 13.2 Å². The Morgan fingerprint density at radius 2 is 2.00 bits per heavy atom. The number of aromatic nitrogens is 2. The summed E-state index contributed by atoms with van der Waals surface area (Å²) in [7, 11) is 1.41. The quantitative estimate of drug-likeness (QED) is 0.840. The van der Waals surface area contributed by atoms with E-state index < -0.39 is 9.05 Å². The molecular formula is C13H20ClN3O3S. The van der Waals surface area contributed by atoms with E-state index in [4.69, 9.17) is 10.7 Å². The second-order valence-electron chi connectivity index (χ2n) is 5.98. The van der Waals surface area contributed by atoms with Gasteiger partial charge in [-0.3, -0.25) is 9.89 Å². The fourth-order valence-electron chi connectivity index (χ4n) is 2.98. The third-order valence-electron chi connectivity index (χ3n) is 4.20. The Morgan fingerprint density at radius 3 is 2.57 bits per heavy atom. The highest BCUT2D eigenvalue weighted by atomic mass is 35.7. The highest BCUT2D eigenvalue weighted by molar-refractivity contribution is 8.13. The standard InChI is InChI=1S/C13H20ClN3O3S/c1-7-5-8(2)10(4)17(6-7)13(18)11-12(21(14,19)20)9(3)15-16-11/h7-8,10H,5-6H2,1-4H3,(H,15,16). The third kappa shape index (κ3) is 3.08. The minimum atomic E-state index is -4.02. The molecule has 6 nitrogen and oxygen atoms in total. The van der Waals surface area contributed by atoms with Crippen LogP contribution in [0.1, 0.15) is 43.4 Å². The molecule has 0 aliphatic carbocycles. The predicted molar refractivity (Wildman–Crippen MR) is 79.8 cm³/mol. The van der Waals surface area contributed by atoms with Gasteiger partial charge in [-0.15, -0.1) is 0 Å². The van der Waals surface area contributed by atoms with E-state index in [9.17, 15) is 13.2 Å². The molecule has 0 radical (unpaired) electrons. The molecular weight excluding hydrogens is 314 g/mol. The van der Waals surface area contributed by atoms with Crippen LogP contribution in [0.2, 0.25) is 0 Å². The van der Waals surface area contributed by atoms with Gasteiger partial charge >= 0.3 is 0 Å². The second kappa shape index (κ2) is 5.61. The van der Waals surface area contributed by atoms with Gasteiger partial charge in [0.25, 0.3) is 15.0 Å². The maximum Gasteiger partial charge on any atom is 0.276 e. The van der Waals surface area contributed by atoms with Gasteiger partial charge in [0.2, 0.25) is 0 Å². The molecule has 0 spiro atoms. The van der Waals surface area contributed by atoms with Crippen molar-refractivity contribution in [2.75, 3.05) is 6.54 Å². The first-order valence-electron chi connectivity index (χ1n) is 6.93. The molecule has 118 valence electrons. The molecule has 1 saturated heterocycles. The van der Waals surface area contributed by atoms with Gasteiger partial charge in [0.05, 0.1) is 5.69 Å². The lowest BCUT2D eigenvalue weighted by Crippen LogP contribution is -2.49. The minimum absolute atomic E-state index is 0.0385. The molecule has 2 heterocycles. The minimum Gasteiger partial charge on any atom is -0.334 e. The summed E-state index contributed by atoms with van der Waals surface area (Å²) in [6.07, 6.45) is 1.05. The third-order valence-corrected chi connectivity index (χ3v) is 5.65. The van der Waals surface area contributed by atoms with Crippen LogP contribution in [0.4, 0.5) is 0 Å². The van der Waals surface area contributed by atoms with E-state index in [1.807, 2.05) is 6.92 Å². The van der Waals surface area contributed by atoms with Gasteiger partial charge in [0, 0.05) is 23.3 Å². The van der Waals surface area contributed by atoms with Crippen LogP contribution in [-0.4, -0.2) is 42.0 Å². The summed E-state index contributed by atoms with van der Waals surface area (Å²) < 4.78 is 23.3. The van der Waals surface area contributed by atoms with E-state index in [0.717, 1.165) is 6.42 Å². The lowest BCUT2D eigenvalue weighted by Gasteiger charge is -2.40. The fourth-order valence-corrected chi connectivity index (χ4v) is 4.32. The van der Waals surface area contributed by atoms with Gasteiger partial charge in [-0.25, -0.2) is 8.42 Å². The average Bonchev–Trinajstić information content (AvgIpc) is 2.74. The number of likely N-dealkylation sites (tertiary alicyclic amines) is 1. The van der Waals surface area contributed by atoms with Gasteiger partial charge in [-0.1, -0.05) is 13.8 Å². The van der Waals surface area contributed by atoms with Crippen molar-refractivity contribution in [3.63, 3.8) is 0 Å². The largest absolute Gasteiger partial charge is 0.334 e. The molecule has 0 bridgehead atoms. The van der Waals surface area contributed by atoms with Crippen LogP contribution in [0.25, 0.3) is 0 Å². The smallest absolute Gasteiger partial charge is 0.276 e. The highest BCUT2D eigenvalue weighted by Crippen LogP contribution is 2.30. The molecule has 1 aromatic rings. The van der Waals surface area contributed by atoms with Gasteiger partial charge in [0.15, 0.2) is 5.69 Å². The molecule has 1 aliphatic heterocycles. The first kappa shape index (κ1) is 16.3. The molecule has 3 atom stereocenters. The number of hydrogen-bond donors (Lipinski definition) is 1. The van der Waals surface area contributed by atoms with E-state index in [0.29, 0.717) is 18.4 Å². The number of amides is 1. The predicted octanol–water partition coefficient (Wildman–Crippen LogP) is 2.15. The summed E-state index contributed by atoms with van der Waals surface area (Å²) >= 11 is 0. The van der Waals surface area contributed by atoms with Crippen LogP contribution in [0.5, 0.6) is 0 Å². The molecule has 0 saturated carbocycles. The second-order valence-corrected chi connectivity index (χ2v) is 8.48. The van der Waals surface area contributed by atoms with Crippen molar-refractivity contribution in [2.45, 2.75) is 45.1 Å². The highest BCUT2D eigenvalue weighted by Gasteiger charge is 2.36. The molecule has 1 amide bonds. The van der Waals surface area contributed by atoms with Crippen LogP contribution in [-0.2, 0) is 9.05 Å². The zero-order valence-corrected chi connectivity index (χ0v) is 14.1. The number of hydrogen-bond acceptors (Lipinski definition) is 4. The van der Waals surface area contributed by atoms with Crippen LogP contribution in [0.3, 0.4) is 0 Å². The van der Waals surface area contributed by atoms with Crippen molar-refractivity contribution in [1.82, 2.24) is 15.1 Å². The molecule has 0 aromatic carbocycles. The summed E-state index contributed by atoms with van der Waals surface area (Å²) in [5.41, 5.74) is 0.162. The summed E-state index contributed by atoms with van der Waals surface area (Å²) in [6.45, 7) is 8.28. The number of H-pyrrole nitrogens is 1. The van der Waals surface area contributed by atoms with E-state index in [-0.39, 0.29) is 28.2 Å². The van der Waals surface area contributed by atoms with Crippen molar-refractivity contribution in [3.05, 3.63) is 11.4 Å². The number of carbonyl (C=O) groups is 1. The van der Waals surface area contributed by atoms with E-state index >= 15 is 0 Å². The zero-order valence-electron chi connectivity index (χ0n) is 12.6. The number of piperidine rings is 1. The summed E-state index contributed by atoms with van der Waals surface area (Å²) in [6, 6.07) is 0.0385. The van der Waals surface area contributed by atoms with Crippen molar-refractivity contribution in [1.29, 1.82) is 0 Å². The molecule has 3 unspecified atom stereocenters. The molecule has 8 heteroatoms. The lowest BCUT2D eigenvalue weighted by molar-refractivity contribution is 0.0446. The number of aryl methyl sites for hydroxylation is 1. The molecule has 2 rings (SSSR count). The lowest BCUT2D eigenvalue weighted by atomic mass is 9.86. The number of nitrogens with one attached hydrogen (secondary N) is 1. The van der Waals surface area contributed by atoms with Crippen LogP contribution >= 0.6 is 10.7 Å². The maximum atomic E-state index is 12.7. The van der Waals surface area contributed by atoms with Crippen molar-refractivity contribution in [3.8, 4) is 0 Å². The number of nitrogens with zero attached hydrogens (tertiary/aromatic N) is 2. The van der Waals surface area contributed by atoms with Gasteiger partial charge < -0.3 is 4.90 Å². The summed E-state index contributed by atoms with van der Waals surface area (Å²) in [4.78, 5) is 14.2.